The molecule has 0 rings (SSSR count). The third-order valence-corrected chi connectivity index (χ3v) is 17.1. The summed E-state index contributed by atoms with van der Waals surface area (Å²) in [7, 11) is 1.47. The molecule has 0 aromatic carbocycles. The molecular weight excluding hydrogens is 1160 g/mol. The predicted octanol–water partition coefficient (Wildman–Crippen LogP) is 25.2. The lowest BCUT2D eigenvalue weighted by atomic mass is 10.0. The molecule has 92 heavy (non-hydrogen) atoms. The van der Waals surface area contributed by atoms with Gasteiger partial charge in [0.1, 0.15) is 19.8 Å². The molecular formula is C82H143NO8P+. The number of phosphoric acid groups is 1. The average molecular weight is 1300 g/mol. The first-order valence-electron chi connectivity index (χ1n) is 37.9. The van der Waals surface area contributed by atoms with Gasteiger partial charge in [-0.1, -0.05) is 327 Å². The standard InChI is InChI=1S/C82H142NO8P/c1-6-8-10-12-14-16-18-20-22-24-26-28-30-32-34-35-36-37-38-39-40-41-42-43-44-45-46-47-49-51-53-55-57-59-61-63-65-67-69-71-73-75-82(85)91-80(79-90-92(86,87)89-77-76-83(3,4)5)78-88-81(84)74-72-70-68-66-64-62-60-58-56-54-52-50-48-33-31-29-27-25-23-21-19-17-15-13-11-9-7-2/h8,10,14,16,19-22,25-28,31-34,36-37,39-40,42-43,80H,6-7,9,11-13,15,17-18,23-24,29-30,35,38,41,44-79H2,1-5H3/p+1/b10-8-,16-14-,21-19-,22-20-,27-25-,28-26-,33-31-,34-32-,37-36-,40-39-,43-42-. The fourth-order valence-corrected chi connectivity index (χ4v) is 11.1. The molecule has 1 N–H and O–H groups in total. The second-order valence-corrected chi connectivity index (χ2v) is 27.8. The molecule has 0 aliphatic heterocycles. The molecule has 0 heterocycles. The summed E-state index contributed by atoms with van der Waals surface area (Å²) in [6, 6.07) is 0. The van der Waals surface area contributed by atoms with Crippen LogP contribution >= 0.6 is 7.82 Å². The number of allylic oxidation sites excluding steroid dienone is 22. The van der Waals surface area contributed by atoms with Gasteiger partial charge in [-0.05, 0) is 116 Å². The van der Waals surface area contributed by atoms with Gasteiger partial charge in [-0.2, -0.15) is 0 Å². The Balaban J connectivity index is 4.01. The third-order valence-electron chi connectivity index (χ3n) is 16.2. The molecule has 0 radical (unpaired) electrons. The highest BCUT2D eigenvalue weighted by molar-refractivity contribution is 7.47. The lowest BCUT2D eigenvalue weighted by Crippen LogP contribution is -2.37. The number of nitrogens with zero attached hydrogens (tertiary/aromatic N) is 1. The van der Waals surface area contributed by atoms with Gasteiger partial charge in [-0.15, -0.1) is 0 Å². The number of carbonyl (C=O) groups is 2. The maximum atomic E-state index is 12.9. The molecule has 0 aliphatic carbocycles. The number of ether oxygens (including phenoxy) is 2. The lowest BCUT2D eigenvalue weighted by molar-refractivity contribution is -0.870. The van der Waals surface area contributed by atoms with Crippen LogP contribution in [-0.2, 0) is 32.7 Å². The van der Waals surface area contributed by atoms with E-state index < -0.39 is 26.5 Å². The second kappa shape index (κ2) is 71.4. The van der Waals surface area contributed by atoms with Crippen LogP contribution in [0, 0.1) is 0 Å². The monoisotopic (exact) mass is 1300 g/mol. The van der Waals surface area contributed by atoms with Gasteiger partial charge in [0.25, 0.3) is 0 Å². The van der Waals surface area contributed by atoms with Crippen molar-refractivity contribution in [2.24, 2.45) is 0 Å². The predicted molar refractivity (Wildman–Crippen MR) is 399 cm³/mol. The maximum Gasteiger partial charge on any atom is 0.472 e. The van der Waals surface area contributed by atoms with Crippen LogP contribution in [0.15, 0.2) is 134 Å². The molecule has 0 aliphatic rings. The molecule has 2 atom stereocenters. The van der Waals surface area contributed by atoms with Crippen LogP contribution in [0.25, 0.3) is 0 Å². The number of carbonyl (C=O) groups excluding carboxylic acids is 2. The summed E-state index contributed by atoms with van der Waals surface area (Å²) in [5.74, 6) is -0.794. The Labute approximate surface area is 568 Å². The number of phosphoric ester groups is 1. The van der Waals surface area contributed by atoms with Crippen molar-refractivity contribution >= 4 is 19.8 Å². The highest BCUT2D eigenvalue weighted by atomic mass is 31.2. The van der Waals surface area contributed by atoms with Crippen LogP contribution in [0.3, 0.4) is 0 Å². The van der Waals surface area contributed by atoms with Crippen molar-refractivity contribution < 1.29 is 42.1 Å². The lowest BCUT2D eigenvalue weighted by Gasteiger charge is -2.24. The molecule has 10 heteroatoms. The highest BCUT2D eigenvalue weighted by Crippen LogP contribution is 2.43. The molecule has 9 nitrogen and oxygen atoms in total. The van der Waals surface area contributed by atoms with Crippen molar-refractivity contribution in [3.63, 3.8) is 0 Å². The van der Waals surface area contributed by atoms with E-state index in [0.717, 1.165) is 103 Å². The van der Waals surface area contributed by atoms with E-state index in [1.165, 1.54) is 186 Å². The first-order valence-corrected chi connectivity index (χ1v) is 39.4. The molecule has 528 valence electrons. The first-order chi connectivity index (χ1) is 45.0. The molecule has 0 spiro atoms. The Morgan fingerprint density at radius 2 is 0.620 bits per heavy atom. The highest BCUT2D eigenvalue weighted by Gasteiger charge is 2.27. The number of unbranched alkanes of at least 4 members (excludes halogenated alkanes) is 33. The minimum atomic E-state index is -4.40. The Morgan fingerprint density at radius 3 is 0.924 bits per heavy atom. The summed E-state index contributed by atoms with van der Waals surface area (Å²) < 4.78 is 34.8. The first kappa shape index (κ1) is 88.2. The van der Waals surface area contributed by atoms with E-state index in [1.807, 2.05) is 21.1 Å². The molecule has 0 amide bonds. The van der Waals surface area contributed by atoms with Gasteiger partial charge in [0.2, 0.25) is 0 Å². The Bertz CT molecular complexity index is 2020. The molecule has 0 saturated carbocycles. The number of quaternary nitrogens is 1. The number of hydrogen-bond donors (Lipinski definition) is 1. The molecule has 0 aromatic heterocycles. The number of hydrogen-bond acceptors (Lipinski definition) is 7. The number of likely N-dealkylation sites (N-methyl/N-ethyl adjacent to an activating group) is 1. The van der Waals surface area contributed by atoms with Crippen molar-refractivity contribution in [2.75, 3.05) is 47.5 Å². The summed E-state index contributed by atoms with van der Waals surface area (Å²) in [5.41, 5.74) is 0. The van der Waals surface area contributed by atoms with Crippen LogP contribution < -0.4 is 0 Å². The molecule has 0 fully saturated rings. The normalized spacial score (nSPS) is 13.8. The van der Waals surface area contributed by atoms with Crippen LogP contribution in [0.4, 0.5) is 0 Å². The van der Waals surface area contributed by atoms with Gasteiger partial charge in [-0.3, -0.25) is 18.6 Å². The zero-order chi connectivity index (χ0) is 66.9. The summed E-state index contributed by atoms with van der Waals surface area (Å²) in [4.78, 5) is 35.9. The number of rotatable bonds is 69. The van der Waals surface area contributed by atoms with Crippen molar-refractivity contribution in [2.45, 2.75) is 328 Å². The fourth-order valence-electron chi connectivity index (χ4n) is 10.4. The Kier molecular flexibility index (Phi) is 68.5. The van der Waals surface area contributed by atoms with Crippen LogP contribution in [0.2, 0.25) is 0 Å². The van der Waals surface area contributed by atoms with E-state index >= 15 is 0 Å². The summed E-state index contributed by atoms with van der Waals surface area (Å²) in [6.45, 7) is 4.33. The zero-order valence-electron chi connectivity index (χ0n) is 60.2. The van der Waals surface area contributed by atoms with E-state index in [4.69, 9.17) is 18.5 Å². The van der Waals surface area contributed by atoms with Gasteiger partial charge in [0, 0.05) is 12.8 Å². The molecule has 0 saturated heterocycles. The third kappa shape index (κ3) is 75.2. The van der Waals surface area contributed by atoms with Crippen LogP contribution in [0.5, 0.6) is 0 Å². The zero-order valence-corrected chi connectivity index (χ0v) is 61.1. The number of esters is 2. The fraction of sp³-hybridized carbons (Fsp3) is 0.707. The van der Waals surface area contributed by atoms with Gasteiger partial charge in [0.05, 0.1) is 27.7 Å². The Hall–Kier alpha value is -3.85. The minimum Gasteiger partial charge on any atom is -0.462 e. The van der Waals surface area contributed by atoms with E-state index in [-0.39, 0.29) is 32.0 Å². The van der Waals surface area contributed by atoms with Crippen molar-refractivity contribution in [1.29, 1.82) is 0 Å². The van der Waals surface area contributed by atoms with Gasteiger partial charge in [-0.25, -0.2) is 4.57 Å². The quantitative estimate of drug-likeness (QED) is 0.0211. The summed E-state index contributed by atoms with van der Waals surface area (Å²) in [6.07, 6.45) is 104. The summed E-state index contributed by atoms with van der Waals surface area (Å²) in [5, 5.41) is 0. The molecule has 0 aromatic rings. The largest absolute Gasteiger partial charge is 0.472 e. The van der Waals surface area contributed by atoms with Crippen molar-refractivity contribution in [1.82, 2.24) is 0 Å². The minimum absolute atomic E-state index is 0.0277. The van der Waals surface area contributed by atoms with Gasteiger partial charge in [0.15, 0.2) is 6.10 Å². The topological polar surface area (TPSA) is 108 Å². The SMILES string of the molecule is CC/C=C\C/C=C\C/C=C\C/C=C\C/C=C\C/C=C\C/C=C\C/C=C\CCCCCCCCCCCCCCCCCCC(=O)OC(COC(=O)CCCCCCCCCCCCCC/C=C\C/C=C\C/C=C\CCCCCCC)COP(=O)(O)OCC[N+](C)(C)C. The molecule has 0 bridgehead atoms. The smallest absolute Gasteiger partial charge is 0.462 e. The maximum absolute atomic E-state index is 12.9. The Morgan fingerprint density at radius 1 is 0.348 bits per heavy atom. The van der Waals surface area contributed by atoms with E-state index in [2.05, 4.69) is 148 Å². The van der Waals surface area contributed by atoms with Crippen molar-refractivity contribution in [3.05, 3.63) is 134 Å². The summed E-state index contributed by atoms with van der Waals surface area (Å²) >= 11 is 0. The van der Waals surface area contributed by atoms with Crippen molar-refractivity contribution in [3.8, 4) is 0 Å². The second-order valence-electron chi connectivity index (χ2n) is 26.3. The van der Waals surface area contributed by atoms with Gasteiger partial charge >= 0.3 is 19.8 Å². The van der Waals surface area contributed by atoms with Crippen LogP contribution in [0.1, 0.15) is 322 Å². The molecule has 2 unspecified atom stereocenters. The van der Waals surface area contributed by atoms with E-state index in [1.54, 1.807) is 0 Å². The van der Waals surface area contributed by atoms with E-state index in [9.17, 15) is 19.0 Å². The van der Waals surface area contributed by atoms with E-state index in [0.29, 0.717) is 17.4 Å². The van der Waals surface area contributed by atoms with Crippen LogP contribution in [-0.4, -0.2) is 74.9 Å². The average Bonchev–Trinajstić information content (AvgIpc) is 2.23. The van der Waals surface area contributed by atoms with Gasteiger partial charge < -0.3 is 18.9 Å².